The zero-order chi connectivity index (χ0) is 12.9. The van der Waals surface area contributed by atoms with E-state index in [1.165, 1.54) is 18.4 Å². The maximum Gasteiger partial charge on any atom is 0.0291 e. The number of nitrogens with one attached hydrogen (secondary N) is 1. The maximum atomic E-state index is 3.58. The van der Waals surface area contributed by atoms with Crippen LogP contribution in [0.3, 0.4) is 0 Å². The quantitative estimate of drug-likeness (QED) is 0.760. The first-order valence-corrected chi connectivity index (χ1v) is 7.17. The van der Waals surface area contributed by atoms with Crippen LogP contribution < -0.4 is 5.32 Å². The molecule has 0 saturated heterocycles. The maximum absolute atomic E-state index is 3.58. The molecule has 0 unspecified atom stereocenters. The highest BCUT2D eigenvalue weighted by molar-refractivity contribution is 9.10. The third kappa shape index (κ3) is 6.23. The second-order valence-corrected chi connectivity index (χ2v) is 6.81. The lowest BCUT2D eigenvalue weighted by Gasteiger charge is -2.19. The number of benzene rings is 1. The molecule has 0 aliphatic rings. The summed E-state index contributed by atoms with van der Waals surface area (Å²) in [6.07, 6.45) is 2.51. The highest BCUT2D eigenvalue weighted by Gasteiger charge is 2.10. The monoisotopic (exact) mass is 297 g/mol. The summed E-state index contributed by atoms with van der Waals surface area (Å²) in [5, 5.41) is 3.58. The van der Waals surface area contributed by atoms with Crippen LogP contribution in [0.1, 0.15) is 52.1 Å². The molecule has 0 aliphatic heterocycles. The minimum Gasteiger partial charge on any atom is -0.310 e. The zero-order valence-electron chi connectivity index (χ0n) is 11.4. The summed E-state index contributed by atoms with van der Waals surface area (Å²) in [4.78, 5) is 0. The fraction of sp³-hybridized carbons (Fsp3) is 0.600. The molecule has 1 nitrogen and oxygen atoms in total. The van der Waals surface area contributed by atoms with Gasteiger partial charge in [0.2, 0.25) is 0 Å². The molecule has 0 saturated carbocycles. The van der Waals surface area contributed by atoms with Gasteiger partial charge >= 0.3 is 0 Å². The molecule has 1 aromatic carbocycles. The molecule has 1 rings (SSSR count). The second-order valence-electron chi connectivity index (χ2n) is 5.89. The van der Waals surface area contributed by atoms with Gasteiger partial charge in [0.05, 0.1) is 0 Å². The van der Waals surface area contributed by atoms with Gasteiger partial charge in [-0.2, -0.15) is 0 Å². The molecule has 0 spiro atoms. The average molecular weight is 298 g/mol. The molecular formula is C15H24BrN. The Kier molecular flexibility index (Phi) is 5.68. The van der Waals surface area contributed by atoms with Crippen LogP contribution in [-0.2, 0) is 0 Å². The Bertz CT molecular complexity index is 324. The van der Waals surface area contributed by atoms with Crippen LogP contribution in [0.25, 0.3) is 0 Å². The van der Waals surface area contributed by atoms with Gasteiger partial charge in [0.15, 0.2) is 0 Å². The first kappa shape index (κ1) is 14.7. The number of halogens is 1. The first-order valence-electron chi connectivity index (χ1n) is 6.37. The molecule has 0 aliphatic carbocycles. The van der Waals surface area contributed by atoms with Gasteiger partial charge < -0.3 is 5.32 Å². The molecule has 0 amide bonds. The Balaban J connectivity index is 2.30. The fourth-order valence-electron chi connectivity index (χ4n) is 1.81. The van der Waals surface area contributed by atoms with Crippen molar-refractivity contribution in [3.63, 3.8) is 0 Å². The van der Waals surface area contributed by atoms with Gasteiger partial charge in [0.25, 0.3) is 0 Å². The molecule has 0 bridgehead atoms. The number of rotatable bonds is 5. The van der Waals surface area contributed by atoms with Crippen molar-refractivity contribution in [3.05, 3.63) is 34.3 Å². The third-order valence-electron chi connectivity index (χ3n) is 2.92. The molecule has 1 atom stereocenters. The van der Waals surface area contributed by atoms with E-state index < -0.39 is 0 Å². The Morgan fingerprint density at radius 3 is 2.29 bits per heavy atom. The van der Waals surface area contributed by atoms with Crippen molar-refractivity contribution in [2.24, 2.45) is 5.41 Å². The van der Waals surface area contributed by atoms with Crippen molar-refractivity contribution in [1.82, 2.24) is 5.32 Å². The molecule has 1 N–H and O–H groups in total. The van der Waals surface area contributed by atoms with Crippen LogP contribution in [0.2, 0.25) is 0 Å². The smallest absolute Gasteiger partial charge is 0.0291 e. The van der Waals surface area contributed by atoms with Crippen molar-refractivity contribution < 1.29 is 0 Å². The van der Waals surface area contributed by atoms with Crippen molar-refractivity contribution in [3.8, 4) is 0 Å². The molecule has 0 fully saturated rings. The Morgan fingerprint density at radius 2 is 1.76 bits per heavy atom. The summed E-state index contributed by atoms with van der Waals surface area (Å²) in [5.74, 6) is 0. The van der Waals surface area contributed by atoms with Crippen molar-refractivity contribution >= 4 is 15.9 Å². The van der Waals surface area contributed by atoms with Crippen LogP contribution in [0.5, 0.6) is 0 Å². The van der Waals surface area contributed by atoms with Crippen LogP contribution in [0, 0.1) is 5.41 Å². The van der Waals surface area contributed by atoms with Gasteiger partial charge in [-0.3, -0.25) is 0 Å². The predicted molar refractivity (Wildman–Crippen MR) is 79.2 cm³/mol. The largest absolute Gasteiger partial charge is 0.310 e. The highest BCUT2D eigenvalue weighted by Crippen LogP contribution is 2.20. The molecular weight excluding hydrogens is 274 g/mol. The van der Waals surface area contributed by atoms with E-state index in [0.717, 1.165) is 11.0 Å². The summed E-state index contributed by atoms with van der Waals surface area (Å²) in [5.41, 5.74) is 1.80. The summed E-state index contributed by atoms with van der Waals surface area (Å²) in [7, 11) is 0. The first-order chi connectivity index (χ1) is 7.88. The van der Waals surface area contributed by atoms with Crippen molar-refractivity contribution in [2.45, 2.75) is 46.6 Å². The van der Waals surface area contributed by atoms with E-state index in [1.54, 1.807) is 0 Å². The Morgan fingerprint density at radius 1 is 1.18 bits per heavy atom. The van der Waals surface area contributed by atoms with E-state index in [-0.39, 0.29) is 0 Å². The summed E-state index contributed by atoms with van der Waals surface area (Å²) in [6, 6.07) is 8.98. The van der Waals surface area contributed by atoms with Crippen LogP contribution in [0.4, 0.5) is 0 Å². The minimum absolute atomic E-state index is 0.433. The van der Waals surface area contributed by atoms with Crippen LogP contribution in [-0.4, -0.2) is 6.54 Å². The Hall–Kier alpha value is -0.340. The van der Waals surface area contributed by atoms with Gasteiger partial charge in [-0.1, -0.05) is 48.8 Å². The Labute approximate surface area is 114 Å². The predicted octanol–water partition coefficient (Wildman–Crippen LogP) is 4.93. The topological polar surface area (TPSA) is 12.0 Å². The zero-order valence-corrected chi connectivity index (χ0v) is 13.0. The minimum atomic E-state index is 0.433. The number of hydrogen-bond acceptors (Lipinski definition) is 1. The van der Waals surface area contributed by atoms with Gasteiger partial charge in [-0.25, -0.2) is 0 Å². The van der Waals surface area contributed by atoms with E-state index in [2.05, 4.69) is 73.2 Å². The molecule has 0 radical (unpaired) electrons. The standard InChI is InChI=1S/C15H24BrN/c1-12(13-6-8-14(16)9-7-13)17-11-5-10-15(2,3)4/h6-9,12,17H,5,10-11H2,1-4H3/t12-/m1/s1. The summed E-state index contributed by atoms with van der Waals surface area (Å²) >= 11 is 3.46. The lowest BCUT2D eigenvalue weighted by molar-refractivity contribution is 0.357. The summed E-state index contributed by atoms with van der Waals surface area (Å²) < 4.78 is 1.14. The van der Waals surface area contributed by atoms with E-state index >= 15 is 0 Å². The average Bonchev–Trinajstić information content (AvgIpc) is 2.24. The second kappa shape index (κ2) is 6.55. The SMILES string of the molecule is C[C@@H](NCCCC(C)(C)C)c1ccc(Br)cc1. The molecule has 2 heteroatoms. The lowest BCUT2D eigenvalue weighted by atomic mass is 9.90. The molecule has 0 aromatic heterocycles. The molecule has 17 heavy (non-hydrogen) atoms. The third-order valence-corrected chi connectivity index (χ3v) is 3.45. The molecule has 1 aromatic rings. The van der Waals surface area contributed by atoms with Gasteiger partial charge in [-0.15, -0.1) is 0 Å². The lowest BCUT2D eigenvalue weighted by Crippen LogP contribution is -2.21. The van der Waals surface area contributed by atoms with E-state index in [4.69, 9.17) is 0 Å². The normalized spacial score (nSPS) is 13.7. The van der Waals surface area contributed by atoms with E-state index in [0.29, 0.717) is 11.5 Å². The van der Waals surface area contributed by atoms with Gasteiger partial charge in [0, 0.05) is 10.5 Å². The molecule has 96 valence electrons. The fourth-order valence-corrected chi connectivity index (χ4v) is 2.07. The van der Waals surface area contributed by atoms with Crippen molar-refractivity contribution in [2.75, 3.05) is 6.54 Å². The van der Waals surface area contributed by atoms with Gasteiger partial charge in [-0.05, 0) is 49.4 Å². The summed E-state index contributed by atoms with van der Waals surface area (Å²) in [6.45, 7) is 10.2. The highest BCUT2D eigenvalue weighted by atomic mass is 79.9. The van der Waals surface area contributed by atoms with Crippen LogP contribution >= 0.6 is 15.9 Å². The van der Waals surface area contributed by atoms with Crippen molar-refractivity contribution in [1.29, 1.82) is 0 Å². The van der Waals surface area contributed by atoms with Crippen LogP contribution in [0.15, 0.2) is 28.7 Å². The molecule has 0 heterocycles. The van der Waals surface area contributed by atoms with E-state index in [9.17, 15) is 0 Å². The van der Waals surface area contributed by atoms with E-state index in [1.807, 2.05) is 0 Å². The van der Waals surface area contributed by atoms with Gasteiger partial charge in [0.1, 0.15) is 0 Å². The number of hydrogen-bond donors (Lipinski definition) is 1.